The van der Waals surface area contributed by atoms with Crippen molar-refractivity contribution < 1.29 is 9.53 Å². The Balaban J connectivity index is 1.89. The lowest BCUT2D eigenvalue weighted by atomic mass is 10.0. The van der Waals surface area contributed by atoms with Crippen LogP contribution in [0, 0.1) is 0 Å². The molecule has 1 atom stereocenters. The first-order valence-electron chi connectivity index (χ1n) is 7.41. The van der Waals surface area contributed by atoms with Gasteiger partial charge in [-0.15, -0.1) is 11.3 Å². The Labute approximate surface area is 130 Å². The molecule has 1 aliphatic rings. The third kappa shape index (κ3) is 4.97. The van der Waals surface area contributed by atoms with Crippen LogP contribution >= 0.6 is 11.3 Å². The summed E-state index contributed by atoms with van der Waals surface area (Å²) >= 11 is 1.68. The molecule has 21 heavy (non-hydrogen) atoms. The summed E-state index contributed by atoms with van der Waals surface area (Å²) in [4.78, 5) is 21.7. The molecule has 0 bridgehead atoms. The molecule has 1 aromatic heterocycles. The quantitative estimate of drug-likeness (QED) is 0.861. The average molecular weight is 311 g/mol. The summed E-state index contributed by atoms with van der Waals surface area (Å²) in [7, 11) is 1.84. The minimum absolute atomic E-state index is 0.224. The lowest BCUT2D eigenvalue weighted by molar-refractivity contribution is 0.0130. The topological polar surface area (TPSA) is 45.7 Å². The third-order valence-corrected chi connectivity index (χ3v) is 4.34. The fourth-order valence-electron chi connectivity index (χ4n) is 2.51. The van der Waals surface area contributed by atoms with Crippen molar-refractivity contribution in [3.8, 4) is 0 Å². The number of aromatic nitrogens is 1. The zero-order valence-corrected chi connectivity index (χ0v) is 14.2. The van der Waals surface area contributed by atoms with Crippen LogP contribution < -0.4 is 0 Å². The Hall–Kier alpha value is -1.14. The number of carbonyl (C=O) groups excluding carboxylic acids is 1. The van der Waals surface area contributed by atoms with Gasteiger partial charge in [0.2, 0.25) is 0 Å². The predicted octanol–water partition coefficient (Wildman–Crippen LogP) is 2.97. The van der Waals surface area contributed by atoms with E-state index in [9.17, 15) is 4.79 Å². The van der Waals surface area contributed by atoms with Gasteiger partial charge in [0.25, 0.3) is 0 Å². The van der Waals surface area contributed by atoms with Gasteiger partial charge in [-0.25, -0.2) is 4.79 Å². The minimum atomic E-state index is -0.442. The summed E-state index contributed by atoms with van der Waals surface area (Å²) in [6, 6.07) is 0.224. The summed E-state index contributed by atoms with van der Waals surface area (Å²) in [6.07, 6.45) is 3.84. The molecule has 0 N–H and O–H groups in total. The molecule has 6 heteroatoms. The largest absolute Gasteiger partial charge is 0.444 e. The maximum absolute atomic E-state index is 12.2. The van der Waals surface area contributed by atoms with Gasteiger partial charge in [0.05, 0.1) is 5.51 Å². The summed E-state index contributed by atoms with van der Waals surface area (Å²) < 4.78 is 5.45. The van der Waals surface area contributed by atoms with Crippen LogP contribution in [-0.2, 0) is 11.3 Å². The number of carbonyl (C=O) groups is 1. The molecule has 0 aliphatic carbocycles. The first kappa shape index (κ1) is 16.2. The van der Waals surface area contributed by atoms with Gasteiger partial charge in [-0.3, -0.25) is 9.88 Å². The van der Waals surface area contributed by atoms with Crippen LogP contribution in [0.15, 0.2) is 11.7 Å². The number of nitrogens with zero attached hydrogens (tertiary/aromatic N) is 3. The fraction of sp³-hybridized carbons (Fsp3) is 0.733. The summed E-state index contributed by atoms with van der Waals surface area (Å²) in [5.41, 5.74) is 1.42. The number of hydrogen-bond donors (Lipinski definition) is 0. The van der Waals surface area contributed by atoms with Crippen LogP contribution in [0.5, 0.6) is 0 Å². The van der Waals surface area contributed by atoms with Crippen molar-refractivity contribution >= 4 is 17.4 Å². The molecule has 118 valence electrons. The Bertz CT molecular complexity index is 456. The van der Waals surface area contributed by atoms with Crippen molar-refractivity contribution in [3.05, 3.63) is 16.6 Å². The Kier molecular flexibility index (Phi) is 5.22. The number of ether oxygens (including phenoxy) is 1. The molecule has 0 radical (unpaired) electrons. The second-order valence-corrected chi connectivity index (χ2v) is 7.56. The molecule has 1 fully saturated rings. The number of thiazole rings is 1. The SMILES string of the molecule is CN(C(=O)OC(C)(C)C)[C@H]1CCCN(Cc2cncs2)C1. The molecule has 1 aromatic rings. The molecule has 2 rings (SSSR count). The van der Waals surface area contributed by atoms with E-state index in [-0.39, 0.29) is 12.1 Å². The van der Waals surface area contributed by atoms with E-state index in [1.54, 1.807) is 16.2 Å². The summed E-state index contributed by atoms with van der Waals surface area (Å²) in [6.45, 7) is 8.59. The molecule has 1 aliphatic heterocycles. The molecule has 2 heterocycles. The van der Waals surface area contributed by atoms with E-state index in [1.807, 2.05) is 39.5 Å². The summed E-state index contributed by atoms with van der Waals surface area (Å²) in [5, 5.41) is 0. The zero-order chi connectivity index (χ0) is 15.5. The van der Waals surface area contributed by atoms with E-state index >= 15 is 0 Å². The monoisotopic (exact) mass is 311 g/mol. The molecule has 0 aromatic carbocycles. The van der Waals surface area contributed by atoms with Gasteiger partial charge < -0.3 is 9.64 Å². The Morgan fingerprint density at radius 1 is 1.57 bits per heavy atom. The van der Waals surface area contributed by atoms with E-state index in [4.69, 9.17) is 4.74 Å². The van der Waals surface area contributed by atoms with Crippen LogP contribution in [0.2, 0.25) is 0 Å². The maximum atomic E-state index is 12.2. The fourth-order valence-corrected chi connectivity index (χ4v) is 3.15. The van der Waals surface area contributed by atoms with Crippen LogP contribution in [0.1, 0.15) is 38.5 Å². The number of amides is 1. The first-order valence-corrected chi connectivity index (χ1v) is 8.28. The highest BCUT2D eigenvalue weighted by atomic mass is 32.1. The van der Waals surface area contributed by atoms with Gasteiger partial charge in [0, 0.05) is 37.3 Å². The van der Waals surface area contributed by atoms with Gasteiger partial charge in [0.15, 0.2) is 0 Å². The average Bonchev–Trinajstić information content (AvgIpc) is 2.89. The van der Waals surface area contributed by atoms with Crippen molar-refractivity contribution in [3.63, 3.8) is 0 Å². The van der Waals surface area contributed by atoms with E-state index in [0.29, 0.717) is 0 Å². The smallest absolute Gasteiger partial charge is 0.410 e. The molecular weight excluding hydrogens is 286 g/mol. The highest BCUT2D eigenvalue weighted by Crippen LogP contribution is 2.20. The van der Waals surface area contributed by atoms with E-state index in [2.05, 4.69) is 9.88 Å². The lowest BCUT2D eigenvalue weighted by Gasteiger charge is -2.37. The molecule has 0 unspecified atom stereocenters. The van der Waals surface area contributed by atoms with Gasteiger partial charge in [-0.1, -0.05) is 0 Å². The third-order valence-electron chi connectivity index (χ3n) is 3.57. The Morgan fingerprint density at radius 2 is 2.33 bits per heavy atom. The molecule has 1 saturated heterocycles. The van der Waals surface area contributed by atoms with Crippen molar-refractivity contribution in [1.29, 1.82) is 0 Å². The molecule has 0 saturated carbocycles. The molecule has 1 amide bonds. The van der Waals surface area contributed by atoms with Gasteiger partial charge in [-0.05, 0) is 40.2 Å². The number of rotatable bonds is 3. The maximum Gasteiger partial charge on any atom is 0.410 e. The van der Waals surface area contributed by atoms with Crippen LogP contribution in [-0.4, -0.2) is 52.7 Å². The molecule has 5 nitrogen and oxygen atoms in total. The van der Waals surface area contributed by atoms with Crippen LogP contribution in [0.4, 0.5) is 4.79 Å². The van der Waals surface area contributed by atoms with Crippen molar-refractivity contribution in [1.82, 2.24) is 14.8 Å². The van der Waals surface area contributed by atoms with Crippen LogP contribution in [0.3, 0.4) is 0 Å². The minimum Gasteiger partial charge on any atom is -0.444 e. The van der Waals surface area contributed by atoms with Gasteiger partial charge >= 0.3 is 6.09 Å². The van der Waals surface area contributed by atoms with Crippen molar-refractivity contribution in [2.45, 2.75) is 51.8 Å². The lowest BCUT2D eigenvalue weighted by Crippen LogP contribution is -2.49. The zero-order valence-electron chi connectivity index (χ0n) is 13.3. The number of likely N-dealkylation sites (tertiary alicyclic amines) is 1. The number of hydrogen-bond acceptors (Lipinski definition) is 5. The normalized spacial score (nSPS) is 20.3. The van der Waals surface area contributed by atoms with E-state index in [1.165, 1.54) is 4.88 Å². The van der Waals surface area contributed by atoms with Gasteiger partial charge in [-0.2, -0.15) is 0 Å². The second kappa shape index (κ2) is 6.75. The first-order chi connectivity index (χ1) is 9.85. The second-order valence-electron chi connectivity index (χ2n) is 6.59. The highest BCUT2D eigenvalue weighted by Gasteiger charge is 2.29. The van der Waals surface area contributed by atoms with E-state index < -0.39 is 5.60 Å². The predicted molar refractivity (Wildman–Crippen MR) is 84.4 cm³/mol. The standard InChI is InChI=1S/C15H25N3O2S/c1-15(2,3)20-14(19)17(4)12-6-5-7-18(9-12)10-13-8-16-11-21-13/h8,11-12H,5-7,9-10H2,1-4H3/t12-/m0/s1. The van der Waals surface area contributed by atoms with Crippen molar-refractivity contribution in [2.24, 2.45) is 0 Å². The van der Waals surface area contributed by atoms with Crippen molar-refractivity contribution in [2.75, 3.05) is 20.1 Å². The number of piperidine rings is 1. The Morgan fingerprint density at radius 3 is 2.95 bits per heavy atom. The van der Waals surface area contributed by atoms with Gasteiger partial charge in [0.1, 0.15) is 5.60 Å². The summed E-state index contributed by atoms with van der Waals surface area (Å²) in [5.74, 6) is 0. The molecule has 0 spiro atoms. The van der Waals surface area contributed by atoms with Crippen LogP contribution in [0.25, 0.3) is 0 Å². The van der Waals surface area contributed by atoms with E-state index in [0.717, 1.165) is 32.5 Å². The molecular formula is C15H25N3O2S. The highest BCUT2D eigenvalue weighted by molar-refractivity contribution is 7.09. The number of likely N-dealkylation sites (N-methyl/N-ethyl adjacent to an activating group) is 1.